The molecular formula is C94H68F4N2O2. The number of halogens is 4. The van der Waals surface area contributed by atoms with Crippen LogP contribution in [0.3, 0.4) is 0 Å². The van der Waals surface area contributed by atoms with E-state index >= 15 is 17.6 Å². The third-order valence-corrected chi connectivity index (χ3v) is 21.8. The van der Waals surface area contributed by atoms with Gasteiger partial charge in [0.25, 0.3) is 0 Å². The predicted octanol–water partition coefficient (Wildman–Crippen LogP) is 24.6. The molecule has 0 amide bonds. The van der Waals surface area contributed by atoms with Crippen LogP contribution in [0.15, 0.2) is 291 Å². The zero-order valence-corrected chi connectivity index (χ0v) is 56.8. The van der Waals surface area contributed by atoms with Gasteiger partial charge >= 0.3 is 0 Å². The zero-order valence-electron chi connectivity index (χ0n) is 56.8. The van der Waals surface area contributed by atoms with Crippen molar-refractivity contribution in [2.24, 2.45) is 0 Å². The molecule has 0 radical (unpaired) electrons. The maximum Gasteiger partial charge on any atom is 0.150 e. The number of hydrogen-bond acceptors (Lipinski definition) is 4. The van der Waals surface area contributed by atoms with Gasteiger partial charge in [0.2, 0.25) is 0 Å². The van der Waals surface area contributed by atoms with Crippen LogP contribution in [0.2, 0.25) is 0 Å². The second-order valence-electron chi connectivity index (χ2n) is 27.8. The number of ether oxygens (including phenoxy) is 2. The first kappa shape index (κ1) is 62.3. The van der Waals surface area contributed by atoms with E-state index in [0.29, 0.717) is 22.7 Å². The summed E-state index contributed by atoms with van der Waals surface area (Å²) in [5, 5.41) is 0. The number of benzene rings is 14. The largest absolute Gasteiger partial charge is 0.457 e. The average molecular weight is 1330 g/mol. The Hall–Kier alpha value is -12.0. The molecule has 14 aromatic rings. The molecule has 8 heteroatoms. The lowest BCUT2D eigenvalue weighted by Gasteiger charge is -2.36. The fourth-order valence-electron chi connectivity index (χ4n) is 16.7. The molecule has 4 aliphatic rings. The van der Waals surface area contributed by atoms with Crippen LogP contribution in [-0.2, 0) is 36.5 Å². The molecule has 0 spiro atoms. The number of rotatable bonds is 15. The Morgan fingerprint density at radius 3 is 1.04 bits per heavy atom. The summed E-state index contributed by atoms with van der Waals surface area (Å²) in [6.07, 6.45) is 4.31. The molecule has 2 unspecified atom stereocenters. The van der Waals surface area contributed by atoms with Gasteiger partial charge in [-0.2, -0.15) is 0 Å². The summed E-state index contributed by atoms with van der Waals surface area (Å²) >= 11 is 0. The van der Waals surface area contributed by atoms with Crippen LogP contribution in [0, 0.1) is 51.0 Å². The van der Waals surface area contributed by atoms with Gasteiger partial charge in [0.15, 0.2) is 0 Å². The van der Waals surface area contributed by atoms with E-state index in [1.54, 1.807) is 0 Å². The molecule has 0 aliphatic heterocycles. The summed E-state index contributed by atoms with van der Waals surface area (Å²) in [7, 11) is 0. The van der Waals surface area contributed by atoms with Crippen molar-refractivity contribution in [1.82, 2.24) is 0 Å². The SMILES string of the molecule is Cc1ccc(C)c(C2(c3ccc(Oc4ccc5c(c4)CC5)cc3)c3ccccc3-c3ccc(N(c4ccc(-c5ccc(N(c6ccc7c(c6)C(c6ccc(Oc8ccc9c(c8)CC9)cc6)(c6cc(C)ccc6C)c6ccccc6-7)c6ccc(F)cc6F)cc5)cc4)c4ccc(F)cc4F)cc32)c1. The molecule has 4 nitrogen and oxygen atoms in total. The lowest BCUT2D eigenvalue weighted by atomic mass is 9.66. The third-order valence-electron chi connectivity index (χ3n) is 21.8. The van der Waals surface area contributed by atoms with E-state index < -0.39 is 34.1 Å². The van der Waals surface area contributed by atoms with E-state index in [-0.39, 0.29) is 11.4 Å². The van der Waals surface area contributed by atoms with Crippen LogP contribution < -0.4 is 19.3 Å². The molecular weight excluding hydrogens is 1270 g/mol. The number of nitrogens with zero attached hydrogens (tertiary/aromatic N) is 2. The lowest BCUT2D eigenvalue weighted by Crippen LogP contribution is -2.30. The maximum atomic E-state index is 16.8. The van der Waals surface area contributed by atoms with Crippen LogP contribution in [0.1, 0.15) is 89.0 Å². The Morgan fingerprint density at radius 2 is 0.657 bits per heavy atom. The Morgan fingerprint density at radius 1 is 0.284 bits per heavy atom. The average Bonchev–Trinajstić information content (AvgIpc) is 1.53. The highest BCUT2D eigenvalue weighted by Gasteiger charge is 2.49. The van der Waals surface area contributed by atoms with Crippen LogP contribution in [0.25, 0.3) is 33.4 Å². The molecule has 4 aliphatic carbocycles. The molecule has 0 saturated heterocycles. The first-order valence-corrected chi connectivity index (χ1v) is 34.9. The van der Waals surface area contributed by atoms with E-state index in [9.17, 15) is 0 Å². The van der Waals surface area contributed by atoms with E-state index in [1.807, 2.05) is 82.6 Å². The van der Waals surface area contributed by atoms with Gasteiger partial charge in [-0.1, -0.05) is 169 Å². The van der Waals surface area contributed by atoms with Gasteiger partial charge in [-0.05, 0) is 286 Å². The Bertz CT molecular complexity index is 5360. The van der Waals surface area contributed by atoms with E-state index in [2.05, 4.69) is 210 Å². The molecule has 102 heavy (non-hydrogen) atoms. The third kappa shape index (κ3) is 10.2. The van der Waals surface area contributed by atoms with Crippen LogP contribution >= 0.6 is 0 Å². The van der Waals surface area contributed by atoms with E-state index in [4.69, 9.17) is 9.47 Å². The summed E-state index contributed by atoms with van der Waals surface area (Å²) in [5.74, 6) is 0.274. The van der Waals surface area contributed by atoms with Crippen molar-refractivity contribution in [3.8, 4) is 56.4 Å². The summed E-state index contributed by atoms with van der Waals surface area (Å²) in [4.78, 5) is 3.73. The Labute approximate surface area is 591 Å². The summed E-state index contributed by atoms with van der Waals surface area (Å²) in [5.41, 5.74) is 25.7. The van der Waals surface area contributed by atoms with Gasteiger partial charge in [0.1, 0.15) is 46.3 Å². The highest BCUT2D eigenvalue weighted by molar-refractivity contribution is 5.92. The van der Waals surface area contributed by atoms with Gasteiger partial charge in [-0.3, -0.25) is 0 Å². The van der Waals surface area contributed by atoms with Gasteiger partial charge in [0.05, 0.1) is 22.2 Å². The minimum absolute atomic E-state index is 0.173. The monoisotopic (exact) mass is 1330 g/mol. The van der Waals surface area contributed by atoms with Crippen molar-refractivity contribution >= 4 is 34.1 Å². The summed E-state index contributed by atoms with van der Waals surface area (Å²) < 4.78 is 76.9. The van der Waals surface area contributed by atoms with Gasteiger partial charge in [-0.15, -0.1) is 0 Å². The molecule has 0 saturated carbocycles. The highest BCUT2D eigenvalue weighted by Crippen LogP contribution is 2.61. The second kappa shape index (κ2) is 24.4. The molecule has 18 rings (SSSR count). The lowest BCUT2D eigenvalue weighted by molar-refractivity contribution is 0.480. The first-order valence-electron chi connectivity index (χ1n) is 34.9. The number of anilines is 6. The second-order valence-corrected chi connectivity index (χ2v) is 27.8. The Kier molecular flexibility index (Phi) is 14.9. The minimum Gasteiger partial charge on any atom is -0.457 e. The van der Waals surface area contributed by atoms with Crippen molar-refractivity contribution in [1.29, 1.82) is 0 Å². The zero-order chi connectivity index (χ0) is 69.1. The van der Waals surface area contributed by atoms with Gasteiger partial charge in [0, 0.05) is 34.9 Å². The normalized spacial score (nSPS) is 15.6. The first-order chi connectivity index (χ1) is 49.8. The summed E-state index contributed by atoms with van der Waals surface area (Å²) in [6.45, 7) is 8.58. The van der Waals surface area contributed by atoms with E-state index in [0.717, 1.165) is 161 Å². The minimum atomic E-state index is -0.836. The standard InChI is InChI=1S/C94H68F4N2O2/c1-57-13-15-59(3)85(49-57)93(67-27-41-75(42-28-67)101-77-39-25-63-17-19-65(63)51-77)83-11-7-5-9-79(83)81-45-37-73(55-87(81)93)99(91-47-31-69(95)53-89(91)97)71-33-21-61(22-34-71)62-23-35-72(36-24-62)100(92-48-32-70(96)54-90(92)98)74-38-46-82-80-10-6-8-12-84(80)94(88(82)56-74,86-50-58(2)14-16-60(86)4)68-29-43-76(44-30-68)102-78-40-26-64-18-20-66(64)52-78/h5-16,21-56H,17-20H2,1-4H3. The number of hydrogen-bond donors (Lipinski definition) is 0. The maximum absolute atomic E-state index is 16.8. The topological polar surface area (TPSA) is 24.9 Å². The molecule has 14 aromatic carbocycles. The van der Waals surface area contributed by atoms with Crippen molar-refractivity contribution in [2.75, 3.05) is 9.80 Å². The van der Waals surface area contributed by atoms with Crippen molar-refractivity contribution in [2.45, 2.75) is 64.2 Å². The highest BCUT2D eigenvalue weighted by atomic mass is 19.1. The molecule has 0 N–H and O–H groups in total. The molecule has 494 valence electrons. The van der Waals surface area contributed by atoms with Crippen molar-refractivity contribution in [3.05, 3.63) is 403 Å². The summed E-state index contributed by atoms with van der Waals surface area (Å²) in [6, 6.07) is 96.0. The molecule has 0 aromatic heterocycles. The van der Waals surface area contributed by atoms with Crippen LogP contribution in [0.4, 0.5) is 51.7 Å². The fourth-order valence-corrected chi connectivity index (χ4v) is 16.7. The molecule has 0 bridgehead atoms. The van der Waals surface area contributed by atoms with Crippen LogP contribution in [-0.4, -0.2) is 0 Å². The van der Waals surface area contributed by atoms with Gasteiger partial charge < -0.3 is 19.3 Å². The number of fused-ring (bicyclic) bond motifs is 8. The molecule has 0 heterocycles. The predicted molar refractivity (Wildman–Crippen MR) is 402 cm³/mol. The molecule has 2 atom stereocenters. The number of aryl methyl sites for hydroxylation is 8. The van der Waals surface area contributed by atoms with Crippen molar-refractivity contribution < 1.29 is 27.0 Å². The van der Waals surface area contributed by atoms with Gasteiger partial charge in [-0.25, -0.2) is 17.6 Å². The van der Waals surface area contributed by atoms with Crippen LogP contribution in [0.5, 0.6) is 23.0 Å². The quantitative estimate of drug-likeness (QED) is 0.0955. The van der Waals surface area contributed by atoms with Crippen molar-refractivity contribution in [3.63, 3.8) is 0 Å². The molecule has 0 fully saturated rings. The smallest absolute Gasteiger partial charge is 0.150 e. The fraction of sp³-hybridized carbons (Fsp3) is 0.106. The van der Waals surface area contributed by atoms with E-state index in [1.165, 1.54) is 46.5 Å². The Balaban J connectivity index is 0.726.